The Morgan fingerprint density at radius 1 is 0.705 bits per heavy atom. The third kappa shape index (κ3) is 3.45. The lowest BCUT2D eigenvalue weighted by Crippen LogP contribution is -2.46. The van der Waals surface area contributed by atoms with Gasteiger partial charge in [-0.2, -0.15) is 0 Å². The van der Waals surface area contributed by atoms with Crippen LogP contribution in [0.5, 0.6) is 0 Å². The number of rotatable bonds is 4. The van der Waals surface area contributed by atoms with Gasteiger partial charge in [0.1, 0.15) is 0 Å². The third-order valence-electron chi connectivity index (χ3n) is 10.7. The summed E-state index contributed by atoms with van der Waals surface area (Å²) in [5.74, 6) is -1.87. The van der Waals surface area contributed by atoms with Gasteiger partial charge in [0, 0.05) is 33.0 Å². The normalized spacial score (nSPS) is 23.7. The number of imide groups is 1. The molecule has 5 aromatic carbocycles. The average Bonchev–Trinajstić information content (AvgIpc) is 2.99. The topological polar surface area (TPSA) is 118 Å². The fourth-order valence-corrected chi connectivity index (χ4v) is 9.33. The van der Waals surface area contributed by atoms with Crippen molar-refractivity contribution < 1.29 is 24.3 Å². The molecule has 7 heteroatoms. The van der Waals surface area contributed by atoms with E-state index in [0.717, 1.165) is 56.5 Å². The van der Waals surface area contributed by atoms with Crippen LogP contribution < -0.4 is 5.73 Å². The van der Waals surface area contributed by atoms with Crippen LogP contribution in [0.1, 0.15) is 81.5 Å². The minimum absolute atomic E-state index is 0.0255. The summed E-state index contributed by atoms with van der Waals surface area (Å²) in [4.78, 5) is 56.5. The molecule has 222 valence electrons. The van der Waals surface area contributed by atoms with Crippen molar-refractivity contribution in [3.63, 3.8) is 0 Å². The Labute approximate surface area is 254 Å². The molecule has 0 spiro atoms. The summed E-state index contributed by atoms with van der Waals surface area (Å²) in [6, 6.07) is 14.9. The predicted octanol–water partition coefficient (Wildman–Crippen LogP) is 6.11. The van der Waals surface area contributed by atoms with Gasteiger partial charge in [0.15, 0.2) is 11.6 Å². The van der Waals surface area contributed by atoms with Crippen LogP contribution in [0, 0.1) is 22.7 Å². The van der Waals surface area contributed by atoms with E-state index in [-0.39, 0.29) is 41.5 Å². The van der Waals surface area contributed by atoms with E-state index in [1.807, 2.05) is 36.4 Å². The maximum absolute atomic E-state index is 14.3. The van der Waals surface area contributed by atoms with Crippen LogP contribution in [0.25, 0.3) is 43.1 Å². The highest BCUT2D eigenvalue weighted by Gasteiger charge is 2.49. The van der Waals surface area contributed by atoms with Crippen LogP contribution >= 0.6 is 0 Å². The van der Waals surface area contributed by atoms with Gasteiger partial charge in [-0.1, -0.05) is 57.2 Å². The van der Waals surface area contributed by atoms with Gasteiger partial charge in [-0.3, -0.25) is 24.1 Å². The van der Waals surface area contributed by atoms with Gasteiger partial charge < -0.3 is 10.8 Å². The first-order valence-corrected chi connectivity index (χ1v) is 15.4. The Morgan fingerprint density at radius 2 is 1.16 bits per heavy atom. The molecule has 0 aromatic heterocycles. The Hall–Kier alpha value is -4.20. The van der Waals surface area contributed by atoms with Crippen molar-refractivity contribution >= 4 is 66.5 Å². The second-order valence-corrected chi connectivity index (χ2v) is 14.4. The monoisotopic (exact) mass is 586 g/mol. The molecular weight excluding hydrogens is 552 g/mol. The van der Waals surface area contributed by atoms with E-state index < -0.39 is 17.7 Å². The lowest BCUT2D eigenvalue weighted by Gasteiger charge is -2.48. The number of β-amino-alcohol motifs (C(OH)–C–C–N with tert-alkyl or cyclic N) is 1. The van der Waals surface area contributed by atoms with Crippen LogP contribution in [0.2, 0.25) is 0 Å². The first kappa shape index (κ1) is 27.4. The fourth-order valence-electron chi connectivity index (χ4n) is 9.33. The SMILES string of the molecule is CC1(C)CC(C2C(=O)c3ccc4c5ccc6c7c(ccc(c8ccc(c3c48)C2=O)c75)C(=O)N(CCO)C6=O)CC(C)(CN)C1. The Bertz CT molecular complexity index is 2030. The minimum atomic E-state index is -0.728. The number of benzene rings is 5. The molecule has 7 nitrogen and oxygen atoms in total. The van der Waals surface area contributed by atoms with Gasteiger partial charge in [0.25, 0.3) is 11.8 Å². The van der Waals surface area contributed by atoms with Gasteiger partial charge in [-0.05, 0) is 87.0 Å². The molecular formula is C37H34N2O5. The molecule has 1 saturated carbocycles. The molecule has 0 radical (unpaired) electrons. The Balaban J connectivity index is 1.36. The largest absolute Gasteiger partial charge is 0.395 e. The lowest BCUT2D eigenvalue weighted by molar-refractivity contribution is 0.0309. The second kappa shape index (κ2) is 8.93. The number of nitrogens with zero attached hydrogens (tertiary/aromatic N) is 1. The Kier molecular flexibility index (Phi) is 5.55. The molecule has 3 aliphatic rings. The number of hydrogen-bond donors (Lipinski definition) is 2. The van der Waals surface area contributed by atoms with Gasteiger partial charge in [0.05, 0.1) is 19.1 Å². The van der Waals surface area contributed by atoms with E-state index in [4.69, 9.17) is 5.73 Å². The molecule has 44 heavy (non-hydrogen) atoms. The molecule has 1 aliphatic heterocycles. The number of amides is 2. The van der Waals surface area contributed by atoms with E-state index in [9.17, 15) is 24.3 Å². The summed E-state index contributed by atoms with van der Waals surface area (Å²) in [6.45, 7) is 6.74. The number of aliphatic hydroxyl groups excluding tert-OH is 1. The maximum Gasteiger partial charge on any atom is 0.261 e. The van der Waals surface area contributed by atoms with Crippen LogP contribution in [-0.4, -0.2) is 53.1 Å². The highest BCUT2D eigenvalue weighted by molar-refractivity contribution is 6.41. The molecule has 8 rings (SSSR count). The number of carbonyl (C=O) groups excluding carboxylic acids is 4. The zero-order chi connectivity index (χ0) is 30.9. The first-order chi connectivity index (χ1) is 21.0. The smallest absolute Gasteiger partial charge is 0.261 e. The van der Waals surface area contributed by atoms with E-state index in [1.54, 1.807) is 12.1 Å². The van der Waals surface area contributed by atoms with Crippen molar-refractivity contribution in [2.24, 2.45) is 28.4 Å². The van der Waals surface area contributed by atoms with Crippen molar-refractivity contribution in [1.29, 1.82) is 0 Å². The molecule has 0 bridgehead atoms. The first-order valence-electron chi connectivity index (χ1n) is 15.4. The molecule has 0 saturated heterocycles. The van der Waals surface area contributed by atoms with Crippen molar-refractivity contribution in [3.8, 4) is 0 Å². The summed E-state index contributed by atoms with van der Waals surface area (Å²) >= 11 is 0. The quantitative estimate of drug-likeness (QED) is 0.114. The number of aliphatic hydroxyl groups is 1. The molecule has 2 aliphatic carbocycles. The zero-order valence-electron chi connectivity index (χ0n) is 25.1. The molecule has 2 amide bonds. The van der Waals surface area contributed by atoms with Crippen molar-refractivity contribution in [2.75, 3.05) is 19.7 Å². The number of Topliss-reactive ketones (excluding diaryl/α,β-unsaturated/α-hetero) is 2. The van der Waals surface area contributed by atoms with Crippen molar-refractivity contribution in [1.82, 2.24) is 4.90 Å². The lowest BCUT2D eigenvalue weighted by atomic mass is 9.56. The average molecular weight is 587 g/mol. The molecule has 1 heterocycles. The van der Waals surface area contributed by atoms with Gasteiger partial charge in [0.2, 0.25) is 0 Å². The fraction of sp³-hybridized carbons (Fsp3) is 0.351. The van der Waals surface area contributed by atoms with Crippen LogP contribution in [0.15, 0.2) is 48.5 Å². The minimum Gasteiger partial charge on any atom is -0.395 e. The van der Waals surface area contributed by atoms with Crippen molar-refractivity contribution in [2.45, 2.75) is 40.0 Å². The maximum atomic E-state index is 14.3. The molecule has 2 unspecified atom stereocenters. The van der Waals surface area contributed by atoms with Crippen LogP contribution in [-0.2, 0) is 0 Å². The van der Waals surface area contributed by atoms with Gasteiger partial charge in [-0.15, -0.1) is 0 Å². The Morgan fingerprint density at radius 3 is 1.61 bits per heavy atom. The molecule has 2 atom stereocenters. The third-order valence-corrected chi connectivity index (χ3v) is 10.7. The van der Waals surface area contributed by atoms with Gasteiger partial charge in [-0.25, -0.2) is 0 Å². The van der Waals surface area contributed by atoms with Crippen molar-refractivity contribution in [3.05, 3.63) is 70.8 Å². The zero-order valence-corrected chi connectivity index (χ0v) is 25.1. The van der Waals surface area contributed by atoms with E-state index in [1.165, 1.54) is 0 Å². The number of ketones is 2. The van der Waals surface area contributed by atoms with Crippen LogP contribution in [0.4, 0.5) is 0 Å². The summed E-state index contributed by atoms with van der Waals surface area (Å²) in [7, 11) is 0. The number of carbonyl (C=O) groups is 4. The second-order valence-electron chi connectivity index (χ2n) is 14.4. The van der Waals surface area contributed by atoms with E-state index in [2.05, 4.69) is 20.8 Å². The molecule has 3 N–H and O–H groups in total. The highest BCUT2D eigenvalue weighted by Crippen LogP contribution is 2.53. The highest BCUT2D eigenvalue weighted by atomic mass is 16.3. The van der Waals surface area contributed by atoms with E-state index >= 15 is 0 Å². The summed E-state index contributed by atoms with van der Waals surface area (Å²) in [6.07, 6.45) is 2.51. The standard InChI is InChI=1S/C37H34N2O5/c1-36(2)14-18(15-37(3,16-36)17-38)27-32(41)23-8-4-19-21-6-10-25-31-26(35(44)39(12-13-40)34(25)43)11-7-22(29(21)31)20-5-9-24(33(27)42)30(23)28(19)20/h4-11,18,27,40H,12-17,38H2,1-3H3. The van der Waals surface area contributed by atoms with Crippen LogP contribution in [0.3, 0.4) is 0 Å². The summed E-state index contributed by atoms with van der Waals surface area (Å²) < 4.78 is 0. The summed E-state index contributed by atoms with van der Waals surface area (Å²) in [5.41, 5.74) is 8.10. The number of nitrogens with two attached hydrogens (primary N) is 1. The molecule has 1 fully saturated rings. The summed E-state index contributed by atoms with van der Waals surface area (Å²) in [5, 5.41) is 16.0. The van der Waals surface area contributed by atoms with Gasteiger partial charge >= 0.3 is 0 Å². The number of hydrogen-bond acceptors (Lipinski definition) is 6. The molecule has 5 aromatic rings. The van der Waals surface area contributed by atoms with E-state index in [0.29, 0.717) is 39.6 Å². The predicted molar refractivity (Wildman–Crippen MR) is 171 cm³/mol. The number of fused-ring (bicyclic) bond motifs is 2.